The zero-order valence-electron chi connectivity index (χ0n) is 4.77. The Balaban J connectivity index is 2.06. The van der Waals surface area contributed by atoms with Gasteiger partial charge in [-0.2, -0.15) is 11.8 Å². The number of hydrogen-bond acceptors (Lipinski definition) is 2. The van der Waals surface area contributed by atoms with Gasteiger partial charge in [-0.3, -0.25) is 0 Å². The molecular weight excluding hydrogens is 106 g/mol. The van der Waals surface area contributed by atoms with Crippen molar-refractivity contribution in [3.8, 4) is 0 Å². The third kappa shape index (κ3) is 1.10. The molecule has 0 bridgehead atoms. The molecule has 1 fully saturated rings. The molecule has 1 saturated carbocycles. The van der Waals surface area contributed by atoms with Crippen molar-refractivity contribution in [2.45, 2.75) is 17.7 Å². The van der Waals surface area contributed by atoms with Crippen LogP contribution in [0.5, 0.6) is 0 Å². The highest BCUT2D eigenvalue weighted by molar-refractivity contribution is 7.99. The minimum Gasteiger partial charge on any atom is -0.316 e. The molecule has 2 unspecified atom stereocenters. The molecule has 0 aromatic carbocycles. The highest BCUT2D eigenvalue weighted by Gasteiger charge is 2.34. The Hall–Kier alpha value is 0.310. The van der Waals surface area contributed by atoms with Gasteiger partial charge in [-0.05, 0) is 19.7 Å². The van der Waals surface area contributed by atoms with Crippen molar-refractivity contribution in [2.24, 2.45) is 0 Å². The Morgan fingerprint density at radius 2 is 2.43 bits per heavy atom. The van der Waals surface area contributed by atoms with Gasteiger partial charge in [-0.15, -0.1) is 0 Å². The summed E-state index contributed by atoms with van der Waals surface area (Å²) < 4.78 is 0. The van der Waals surface area contributed by atoms with Gasteiger partial charge in [0.2, 0.25) is 0 Å². The Labute approximate surface area is 48.9 Å². The zero-order valence-corrected chi connectivity index (χ0v) is 5.59. The highest BCUT2D eigenvalue weighted by atomic mass is 32.2. The summed E-state index contributed by atoms with van der Waals surface area (Å²) >= 11 is 1.96. The third-order valence-electron chi connectivity index (χ3n) is 1.41. The maximum atomic E-state index is 3.22. The quantitative estimate of drug-likeness (QED) is 0.571. The summed E-state index contributed by atoms with van der Waals surface area (Å²) in [6, 6.07) is 0.829. The van der Waals surface area contributed by atoms with E-state index in [2.05, 4.69) is 11.6 Å². The minimum atomic E-state index is 0.829. The van der Waals surface area contributed by atoms with Crippen LogP contribution in [0.25, 0.3) is 0 Å². The van der Waals surface area contributed by atoms with E-state index in [1.54, 1.807) is 0 Å². The molecule has 1 nitrogen and oxygen atoms in total. The van der Waals surface area contributed by atoms with Gasteiger partial charge in [0, 0.05) is 11.3 Å². The summed E-state index contributed by atoms with van der Waals surface area (Å²) in [5.74, 6) is 0. The van der Waals surface area contributed by atoms with E-state index in [9.17, 15) is 0 Å². The number of rotatable bonds is 2. The Morgan fingerprint density at radius 1 is 1.71 bits per heavy atom. The van der Waals surface area contributed by atoms with Crippen molar-refractivity contribution >= 4 is 11.8 Å². The molecule has 0 radical (unpaired) electrons. The van der Waals surface area contributed by atoms with Gasteiger partial charge in [-0.25, -0.2) is 0 Å². The van der Waals surface area contributed by atoms with E-state index < -0.39 is 0 Å². The largest absolute Gasteiger partial charge is 0.316 e. The molecule has 0 spiro atoms. The van der Waals surface area contributed by atoms with E-state index in [0.29, 0.717) is 0 Å². The molecule has 0 aromatic heterocycles. The average Bonchev–Trinajstić information content (AvgIpc) is 2.43. The van der Waals surface area contributed by atoms with Crippen LogP contribution in [0.4, 0.5) is 0 Å². The molecule has 0 heterocycles. The second-order valence-corrected chi connectivity index (χ2v) is 2.98. The Bertz CT molecular complexity index is 57.1. The molecule has 1 aliphatic carbocycles. The van der Waals surface area contributed by atoms with E-state index in [1.165, 1.54) is 6.42 Å². The van der Waals surface area contributed by atoms with Crippen LogP contribution in [0.15, 0.2) is 0 Å². The van der Waals surface area contributed by atoms with Crippen molar-refractivity contribution in [3.63, 3.8) is 0 Å². The predicted octanol–water partition coefficient (Wildman–Crippen LogP) is 0.710. The van der Waals surface area contributed by atoms with Crippen LogP contribution in [0, 0.1) is 0 Å². The number of thioether (sulfide) groups is 1. The fourth-order valence-electron chi connectivity index (χ4n) is 0.736. The lowest BCUT2D eigenvalue weighted by Crippen LogP contribution is -2.10. The molecule has 1 aliphatic rings. The smallest absolute Gasteiger partial charge is 0.0213 e. The van der Waals surface area contributed by atoms with Crippen LogP contribution < -0.4 is 5.32 Å². The monoisotopic (exact) mass is 117 g/mol. The molecular formula is C5H11NS. The summed E-state index contributed by atoms with van der Waals surface area (Å²) in [6.07, 6.45) is 3.54. The SMILES string of the molecule is CNC1CC1SC. The summed E-state index contributed by atoms with van der Waals surface area (Å²) in [5, 5.41) is 4.14. The van der Waals surface area contributed by atoms with E-state index in [1.807, 2.05) is 18.8 Å². The molecule has 2 heteroatoms. The van der Waals surface area contributed by atoms with Crippen molar-refractivity contribution < 1.29 is 0 Å². The second-order valence-electron chi connectivity index (χ2n) is 1.91. The molecule has 0 aromatic rings. The van der Waals surface area contributed by atoms with Gasteiger partial charge >= 0.3 is 0 Å². The number of hydrogen-bond donors (Lipinski definition) is 1. The fourth-order valence-corrected chi connectivity index (χ4v) is 1.60. The van der Waals surface area contributed by atoms with Crippen LogP contribution in [-0.2, 0) is 0 Å². The Kier molecular flexibility index (Phi) is 1.60. The van der Waals surface area contributed by atoms with Crippen molar-refractivity contribution in [2.75, 3.05) is 13.3 Å². The van der Waals surface area contributed by atoms with Gasteiger partial charge in [0.05, 0.1) is 0 Å². The van der Waals surface area contributed by atoms with Gasteiger partial charge < -0.3 is 5.32 Å². The molecule has 2 atom stereocenters. The molecule has 0 amide bonds. The van der Waals surface area contributed by atoms with Crippen molar-refractivity contribution in [3.05, 3.63) is 0 Å². The van der Waals surface area contributed by atoms with E-state index >= 15 is 0 Å². The van der Waals surface area contributed by atoms with Crippen LogP contribution in [0.2, 0.25) is 0 Å². The topological polar surface area (TPSA) is 12.0 Å². The van der Waals surface area contributed by atoms with Gasteiger partial charge in [-0.1, -0.05) is 0 Å². The molecule has 0 aliphatic heterocycles. The maximum absolute atomic E-state index is 3.22. The van der Waals surface area contributed by atoms with E-state index in [-0.39, 0.29) is 0 Å². The predicted molar refractivity (Wildman–Crippen MR) is 34.8 cm³/mol. The summed E-state index contributed by atoms with van der Waals surface area (Å²) in [5.41, 5.74) is 0. The lowest BCUT2D eigenvalue weighted by molar-refractivity contribution is 0.813. The summed E-state index contributed by atoms with van der Waals surface area (Å²) in [6.45, 7) is 0. The molecule has 1 N–H and O–H groups in total. The Morgan fingerprint density at radius 3 is 2.57 bits per heavy atom. The zero-order chi connectivity index (χ0) is 5.28. The molecule has 1 rings (SSSR count). The molecule has 0 saturated heterocycles. The molecule has 42 valence electrons. The highest BCUT2D eigenvalue weighted by Crippen LogP contribution is 2.32. The lowest BCUT2D eigenvalue weighted by atomic mass is 10.7. The van der Waals surface area contributed by atoms with Crippen molar-refractivity contribution in [1.29, 1.82) is 0 Å². The maximum Gasteiger partial charge on any atom is 0.0213 e. The van der Waals surface area contributed by atoms with Crippen LogP contribution in [0.3, 0.4) is 0 Å². The van der Waals surface area contributed by atoms with E-state index in [4.69, 9.17) is 0 Å². The molecule has 7 heavy (non-hydrogen) atoms. The first-order valence-electron chi connectivity index (χ1n) is 2.58. The number of nitrogens with one attached hydrogen (secondary N) is 1. The third-order valence-corrected chi connectivity index (χ3v) is 2.53. The van der Waals surface area contributed by atoms with Gasteiger partial charge in [0.1, 0.15) is 0 Å². The standard InChI is InChI=1S/C5H11NS/c1-6-4-3-5(4)7-2/h4-6H,3H2,1-2H3. The second kappa shape index (κ2) is 2.05. The van der Waals surface area contributed by atoms with Crippen LogP contribution >= 0.6 is 11.8 Å². The van der Waals surface area contributed by atoms with Gasteiger partial charge in [0.25, 0.3) is 0 Å². The minimum absolute atomic E-state index is 0.829. The summed E-state index contributed by atoms with van der Waals surface area (Å²) in [7, 11) is 2.03. The van der Waals surface area contributed by atoms with Crippen LogP contribution in [0.1, 0.15) is 6.42 Å². The average molecular weight is 117 g/mol. The van der Waals surface area contributed by atoms with Gasteiger partial charge in [0.15, 0.2) is 0 Å². The normalized spacial score (nSPS) is 38.6. The van der Waals surface area contributed by atoms with Crippen LogP contribution in [-0.4, -0.2) is 24.6 Å². The van der Waals surface area contributed by atoms with Crippen molar-refractivity contribution in [1.82, 2.24) is 5.32 Å². The first kappa shape index (κ1) is 5.45. The first-order valence-corrected chi connectivity index (χ1v) is 3.87. The first-order chi connectivity index (χ1) is 3.38. The summed E-state index contributed by atoms with van der Waals surface area (Å²) in [4.78, 5) is 0. The van der Waals surface area contributed by atoms with E-state index in [0.717, 1.165) is 11.3 Å². The fraction of sp³-hybridized carbons (Fsp3) is 1.00. The lowest BCUT2D eigenvalue weighted by Gasteiger charge is -1.89.